The Hall–Kier alpha value is -0.560. The summed E-state index contributed by atoms with van der Waals surface area (Å²) in [5, 5.41) is 3.33. The van der Waals surface area contributed by atoms with E-state index in [1.165, 1.54) is 0 Å². The summed E-state index contributed by atoms with van der Waals surface area (Å²) in [6.07, 6.45) is 10.9. The number of hydrogen-bond acceptors (Lipinski definition) is 1. The van der Waals surface area contributed by atoms with E-state index in [1.54, 1.807) is 0 Å². The first-order valence-electron chi connectivity index (χ1n) is 3.86. The third kappa shape index (κ3) is 1.29. The van der Waals surface area contributed by atoms with Gasteiger partial charge in [-0.25, -0.2) is 0 Å². The molecule has 0 aromatic heterocycles. The molecule has 0 aromatic carbocycles. The summed E-state index contributed by atoms with van der Waals surface area (Å²) in [4.78, 5) is 0. The maximum Gasteiger partial charge on any atom is 0.0397 e. The summed E-state index contributed by atoms with van der Waals surface area (Å²) in [5.41, 5.74) is 0.245. The van der Waals surface area contributed by atoms with Gasteiger partial charge in [-0.3, -0.25) is 0 Å². The summed E-state index contributed by atoms with van der Waals surface area (Å²) < 4.78 is 0. The monoisotopic (exact) mass is 137 g/mol. The van der Waals surface area contributed by atoms with Crippen molar-refractivity contribution in [3.8, 4) is 0 Å². The van der Waals surface area contributed by atoms with Gasteiger partial charge in [-0.1, -0.05) is 31.2 Å². The van der Waals surface area contributed by atoms with Crippen LogP contribution in [0.5, 0.6) is 0 Å². The van der Waals surface area contributed by atoms with Gasteiger partial charge in [0.1, 0.15) is 0 Å². The summed E-state index contributed by atoms with van der Waals surface area (Å²) in [5.74, 6) is 0. The Kier molecular flexibility index (Phi) is 2.28. The zero-order valence-corrected chi connectivity index (χ0v) is 6.72. The quantitative estimate of drug-likeness (QED) is 0.612. The van der Waals surface area contributed by atoms with Crippen LogP contribution >= 0.6 is 0 Å². The second-order valence-electron chi connectivity index (χ2n) is 2.75. The van der Waals surface area contributed by atoms with Crippen molar-refractivity contribution in [2.75, 3.05) is 7.05 Å². The molecule has 0 saturated carbocycles. The Bertz CT molecular complexity index is 152. The lowest BCUT2D eigenvalue weighted by molar-refractivity contribution is 0.423. The van der Waals surface area contributed by atoms with Crippen LogP contribution in [-0.4, -0.2) is 12.6 Å². The van der Waals surface area contributed by atoms with E-state index in [2.05, 4.69) is 36.5 Å². The van der Waals surface area contributed by atoms with Crippen molar-refractivity contribution in [1.29, 1.82) is 0 Å². The average molecular weight is 137 g/mol. The van der Waals surface area contributed by atoms with Crippen molar-refractivity contribution >= 4 is 0 Å². The van der Waals surface area contributed by atoms with Crippen LogP contribution in [0.25, 0.3) is 0 Å². The SMILES string of the molecule is CCC1(NC)C=CC=CC1. The molecule has 0 fully saturated rings. The Morgan fingerprint density at radius 1 is 1.50 bits per heavy atom. The number of likely N-dealkylation sites (N-methyl/N-ethyl adjacent to an activating group) is 1. The molecule has 1 N–H and O–H groups in total. The minimum Gasteiger partial charge on any atom is -0.311 e. The summed E-state index contributed by atoms with van der Waals surface area (Å²) in [6.45, 7) is 2.21. The van der Waals surface area contributed by atoms with E-state index in [1.807, 2.05) is 7.05 Å². The van der Waals surface area contributed by atoms with E-state index in [9.17, 15) is 0 Å². The second kappa shape index (κ2) is 3.02. The van der Waals surface area contributed by atoms with Gasteiger partial charge in [0.05, 0.1) is 0 Å². The minimum atomic E-state index is 0.245. The molecule has 1 aliphatic rings. The van der Waals surface area contributed by atoms with E-state index < -0.39 is 0 Å². The van der Waals surface area contributed by atoms with E-state index in [4.69, 9.17) is 0 Å². The lowest BCUT2D eigenvalue weighted by Gasteiger charge is -2.29. The molecule has 0 spiro atoms. The first-order valence-corrected chi connectivity index (χ1v) is 3.86. The Balaban J connectivity index is 2.66. The van der Waals surface area contributed by atoms with Gasteiger partial charge in [0, 0.05) is 5.54 Å². The molecule has 0 amide bonds. The smallest absolute Gasteiger partial charge is 0.0397 e. The van der Waals surface area contributed by atoms with Crippen LogP contribution < -0.4 is 5.32 Å². The average Bonchev–Trinajstić information content (AvgIpc) is 2.06. The molecule has 0 bridgehead atoms. The van der Waals surface area contributed by atoms with E-state index >= 15 is 0 Å². The van der Waals surface area contributed by atoms with Gasteiger partial charge in [-0.15, -0.1) is 0 Å². The zero-order chi connectivity index (χ0) is 7.45. The lowest BCUT2D eigenvalue weighted by atomic mass is 9.89. The van der Waals surface area contributed by atoms with Crippen molar-refractivity contribution in [2.24, 2.45) is 0 Å². The molecule has 0 aliphatic heterocycles. The van der Waals surface area contributed by atoms with Gasteiger partial charge in [-0.05, 0) is 19.9 Å². The van der Waals surface area contributed by atoms with Crippen LogP contribution in [-0.2, 0) is 0 Å². The van der Waals surface area contributed by atoms with Crippen LogP contribution in [0.3, 0.4) is 0 Å². The standard InChI is InChI=1S/C9H15N/c1-3-9(10-2)7-5-4-6-8-9/h4-7,10H,3,8H2,1-2H3. The predicted octanol–water partition coefficient (Wildman–Crippen LogP) is 1.87. The maximum atomic E-state index is 3.33. The number of nitrogens with one attached hydrogen (secondary N) is 1. The largest absolute Gasteiger partial charge is 0.311 e. The molecule has 56 valence electrons. The van der Waals surface area contributed by atoms with Crippen molar-refractivity contribution in [3.63, 3.8) is 0 Å². The third-order valence-corrected chi connectivity index (χ3v) is 2.27. The van der Waals surface area contributed by atoms with Crippen molar-refractivity contribution < 1.29 is 0 Å². The Morgan fingerprint density at radius 3 is 2.60 bits per heavy atom. The molecule has 1 rings (SSSR count). The van der Waals surface area contributed by atoms with E-state index in [0.29, 0.717) is 0 Å². The van der Waals surface area contributed by atoms with Crippen LogP contribution in [0.1, 0.15) is 19.8 Å². The highest BCUT2D eigenvalue weighted by Crippen LogP contribution is 2.20. The fraction of sp³-hybridized carbons (Fsp3) is 0.556. The van der Waals surface area contributed by atoms with Crippen molar-refractivity contribution in [2.45, 2.75) is 25.3 Å². The number of hydrogen-bond donors (Lipinski definition) is 1. The molecular weight excluding hydrogens is 122 g/mol. The minimum absolute atomic E-state index is 0.245. The highest BCUT2D eigenvalue weighted by molar-refractivity contribution is 5.20. The Morgan fingerprint density at radius 2 is 2.30 bits per heavy atom. The summed E-state index contributed by atoms with van der Waals surface area (Å²) >= 11 is 0. The van der Waals surface area contributed by atoms with Crippen LogP contribution in [0.15, 0.2) is 24.3 Å². The van der Waals surface area contributed by atoms with Crippen LogP contribution in [0.2, 0.25) is 0 Å². The summed E-state index contributed by atoms with van der Waals surface area (Å²) in [6, 6.07) is 0. The highest BCUT2D eigenvalue weighted by Gasteiger charge is 2.21. The van der Waals surface area contributed by atoms with Gasteiger partial charge in [0.25, 0.3) is 0 Å². The molecule has 10 heavy (non-hydrogen) atoms. The molecule has 0 aromatic rings. The normalized spacial score (nSPS) is 31.0. The third-order valence-electron chi connectivity index (χ3n) is 2.27. The van der Waals surface area contributed by atoms with Gasteiger partial charge >= 0.3 is 0 Å². The van der Waals surface area contributed by atoms with Crippen LogP contribution in [0.4, 0.5) is 0 Å². The van der Waals surface area contributed by atoms with E-state index in [0.717, 1.165) is 12.8 Å². The Labute approximate surface area is 62.8 Å². The molecule has 1 aliphatic carbocycles. The fourth-order valence-electron chi connectivity index (χ4n) is 1.29. The van der Waals surface area contributed by atoms with Gasteiger partial charge < -0.3 is 5.32 Å². The number of allylic oxidation sites excluding steroid dienone is 2. The molecule has 1 heteroatoms. The first-order chi connectivity index (χ1) is 4.83. The van der Waals surface area contributed by atoms with Gasteiger partial charge in [0.2, 0.25) is 0 Å². The van der Waals surface area contributed by atoms with Crippen molar-refractivity contribution in [3.05, 3.63) is 24.3 Å². The lowest BCUT2D eigenvalue weighted by Crippen LogP contribution is -2.40. The predicted molar refractivity (Wildman–Crippen MR) is 45.0 cm³/mol. The number of rotatable bonds is 2. The summed E-state index contributed by atoms with van der Waals surface area (Å²) in [7, 11) is 2.02. The van der Waals surface area contributed by atoms with Crippen molar-refractivity contribution in [1.82, 2.24) is 5.32 Å². The zero-order valence-electron chi connectivity index (χ0n) is 6.72. The molecule has 0 heterocycles. The van der Waals surface area contributed by atoms with Gasteiger partial charge in [0.15, 0.2) is 0 Å². The second-order valence-corrected chi connectivity index (χ2v) is 2.75. The molecule has 0 radical (unpaired) electrons. The maximum absolute atomic E-state index is 3.33. The highest BCUT2D eigenvalue weighted by atomic mass is 14.9. The molecule has 0 saturated heterocycles. The molecular formula is C9H15N. The molecule has 1 unspecified atom stereocenters. The van der Waals surface area contributed by atoms with Gasteiger partial charge in [-0.2, -0.15) is 0 Å². The molecule has 1 nitrogen and oxygen atoms in total. The fourth-order valence-corrected chi connectivity index (χ4v) is 1.29. The first kappa shape index (κ1) is 7.55. The topological polar surface area (TPSA) is 12.0 Å². The molecule has 1 atom stereocenters. The van der Waals surface area contributed by atoms with Crippen LogP contribution in [0, 0.1) is 0 Å². The van der Waals surface area contributed by atoms with E-state index in [-0.39, 0.29) is 5.54 Å².